The number of H-pyrrole nitrogens is 1. The van der Waals surface area contributed by atoms with Gasteiger partial charge in [0.05, 0.1) is 18.8 Å². The molecular weight excluding hydrogens is 292 g/mol. The van der Waals surface area contributed by atoms with E-state index in [1.165, 1.54) is 30.5 Å². The standard InChI is InChI=1S/C13H20N6O.ClH/c1-14-8-12-18-19-13(20-12)15-7-11-9-5-3-2-4-6-10(9)16-17-11;/h14H,2-8H2,1H3,(H,15,19)(H,16,17);1H. The second kappa shape index (κ2) is 7.42. The minimum atomic E-state index is 0. The maximum absolute atomic E-state index is 5.46. The fourth-order valence-electron chi connectivity index (χ4n) is 2.58. The van der Waals surface area contributed by atoms with Gasteiger partial charge in [-0.3, -0.25) is 5.10 Å². The molecule has 0 bridgehead atoms. The maximum atomic E-state index is 5.46. The lowest BCUT2D eigenvalue weighted by Gasteiger charge is -2.02. The highest BCUT2D eigenvalue weighted by atomic mass is 35.5. The Kier molecular flexibility index (Phi) is 5.58. The summed E-state index contributed by atoms with van der Waals surface area (Å²) in [6.45, 7) is 1.19. The molecule has 1 aliphatic rings. The summed E-state index contributed by atoms with van der Waals surface area (Å²) in [5.74, 6) is 0.579. The highest BCUT2D eigenvalue weighted by molar-refractivity contribution is 5.85. The van der Waals surface area contributed by atoms with E-state index in [1.807, 2.05) is 7.05 Å². The first-order valence-electron chi connectivity index (χ1n) is 7.12. The zero-order valence-electron chi connectivity index (χ0n) is 12.1. The fraction of sp³-hybridized carbons (Fsp3) is 0.615. The van der Waals surface area contributed by atoms with E-state index in [-0.39, 0.29) is 12.4 Å². The minimum Gasteiger partial charge on any atom is -0.407 e. The number of hydrogen-bond donors (Lipinski definition) is 3. The number of rotatable bonds is 5. The van der Waals surface area contributed by atoms with Gasteiger partial charge in [0.25, 0.3) is 0 Å². The van der Waals surface area contributed by atoms with Crippen molar-refractivity contribution >= 4 is 18.4 Å². The van der Waals surface area contributed by atoms with Crippen molar-refractivity contribution in [1.82, 2.24) is 25.7 Å². The number of nitrogens with one attached hydrogen (secondary N) is 3. The monoisotopic (exact) mass is 312 g/mol. The van der Waals surface area contributed by atoms with Crippen molar-refractivity contribution < 1.29 is 4.42 Å². The number of halogens is 1. The summed E-state index contributed by atoms with van der Waals surface area (Å²) in [6, 6.07) is 0.445. The molecule has 0 atom stereocenters. The van der Waals surface area contributed by atoms with Crippen molar-refractivity contribution in [1.29, 1.82) is 0 Å². The van der Waals surface area contributed by atoms with E-state index in [0.717, 1.165) is 18.5 Å². The largest absolute Gasteiger partial charge is 0.407 e. The van der Waals surface area contributed by atoms with Crippen molar-refractivity contribution in [2.45, 2.75) is 45.2 Å². The molecule has 3 rings (SSSR count). The topological polar surface area (TPSA) is 91.7 Å². The summed E-state index contributed by atoms with van der Waals surface area (Å²) in [4.78, 5) is 0. The molecule has 7 nitrogen and oxygen atoms in total. The van der Waals surface area contributed by atoms with Crippen LogP contribution in [0.5, 0.6) is 0 Å². The molecular formula is C13H21ClN6O. The first-order valence-corrected chi connectivity index (χ1v) is 7.12. The SMILES string of the molecule is CNCc1nnc(NCc2n[nH]c3c2CCCCC3)o1.Cl. The molecule has 1 aliphatic carbocycles. The number of aromatic amines is 1. The third kappa shape index (κ3) is 3.74. The summed E-state index contributed by atoms with van der Waals surface area (Å²) in [6.07, 6.45) is 6.00. The van der Waals surface area contributed by atoms with Crippen LogP contribution in [-0.4, -0.2) is 27.4 Å². The molecule has 0 aromatic carbocycles. The summed E-state index contributed by atoms with van der Waals surface area (Å²) in [5, 5.41) is 21.6. The molecule has 2 aromatic heterocycles. The van der Waals surface area contributed by atoms with Crippen LogP contribution in [-0.2, 0) is 25.9 Å². The molecule has 3 N–H and O–H groups in total. The van der Waals surface area contributed by atoms with E-state index >= 15 is 0 Å². The predicted molar refractivity (Wildman–Crippen MR) is 81.5 cm³/mol. The van der Waals surface area contributed by atoms with Gasteiger partial charge in [-0.15, -0.1) is 17.5 Å². The van der Waals surface area contributed by atoms with Gasteiger partial charge < -0.3 is 15.1 Å². The lowest BCUT2D eigenvalue weighted by atomic mass is 10.1. The summed E-state index contributed by atoms with van der Waals surface area (Å²) in [7, 11) is 1.84. The molecule has 2 heterocycles. The Morgan fingerprint density at radius 2 is 2.00 bits per heavy atom. The zero-order valence-corrected chi connectivity index (χ0v) is 12.9. The van der Waals surface area contributed by atoms with E-state index in [1.54, 1.807) is 0 Å². The van der Waals surface area contributed by atoms with Crippen molar-refractivity contribution in [3.8, 4) is 0 Å². The highest BCUT2D eigenvalue weighted by Crippen LogP contribution is 2.22. The van der Waals surface area contributed by atoms with Gasteiger partial charge >= 0.3 is 6.01 Å². The van der Waals surface area contributed by atoms with Gasteiger partial charge in [0.15, 0.2) is 0 Å². The molecule has 0 saturated heterocycles. The van der Waals surface area contributed by atoms with Crippen LogP contribution in [0.15, 0.2) is 4.42 Å². The molecule has 0 amide bonds. The lowest BCUT2D eigenvalue weighted by molar-refractivity contribution is 0.489. The number of aryl methyl sites for hydroxylation is 1. The van der Waals surface area contributed by atoms with Crippen LogP contribution in [0.3, 0.4) is 0 Å². The molecule has 0 spiro atoms. The van der Waals surface area contributed by atoms with Gasteiger partial charge in [-0.25, -0.2) is 0 Å². The molecule has 116 valence electrons. The average molecular weight is 313 g/mol. The number of anilines is 1. The molecule has 0 radical (unpaired) electrons. The van der Waals surface area contributed by atoms with Crippen molar-refractivity contribution in [2.75, 3.05) is 12.4 Å². The first kappa shape index (κ1) is 15.8. The predicted octanol–water partition coefficient (Wildman–Crippen LogP) is 1.81. The number of hydrogen-bond acceptors (Lipinski definition) is 6. The van der Waals surface area contributed by atoms with Crippen LogP contribution < -0.4 is 10.6 Å². The minimum absolute atomic E-state index is 0. The van der Waals surface area contributed by atoms with Gasteiger partial charge in [0.2, 0.25) is 5.89 Å². The smallest absolute Gasteiger partial charge is 0.315 e. The van der Waals surface area contributed by atoms with Gasteiger partial charge in [-0.2, -0.15) is 5.10 Å². The Bertz CT molecular complexity index is 567. The second-order valence-electron chi connectivity index (χ2n) is 5.07. The Labute approximate surface area is 129 Å². The van der Waals surface area contributed by atoms with Crippen molar-refractivity contribution in [3.63, 3.8) is 0 Å². The molecule has 0 aliphatic heterocycles. The Morgan fingerprint density at radius 3 is 2.86 bits per heavy atom. The molecule has 2 aromatic rings. The summed E-state index contributed by atoms with van der Waals surface area (Å²) < 4.78 is 5.46. The molecule has 8 heteroatoms. The molecule has 0 unspecified atom stereocenters. The van der Waals surface area contributed by atoms with Gasteiger partial charge in [0, 0.05) is 5.69 Å². The van der Waals surface area contributed by atoms with Crippen molar-refractivity contribution in [2.24, 2.45) is 0 Å². The Balaban J connectivity index is 0.00000161. The van der Waals surface area contributed by atoms with E-state index in [4.69, 9.17) is 4.42 Å². The fourth-order valence-corrected chi connectivity index (χ4v) is 2.58. The molecule has 0 fully saturated rings. The Morgan fingerprint density at radius 1 is 1.14 bits per heavy atom. The summed E-state index contributed by atoms with van der Waals surface area (Å²) >= 11 is 0. The van der Waals surface area contributed by atoms with E-state index in [9.17, 15) is 0 Å². The molecule has 0 saturated carbocycles. The van der Waals surface area contributed by atoms with Crippen LogP contribution in [0.2, 0.25) is 0 Å². The maximum Gasteiger partial charge on any atom is 0.315 e. The van der Waals surface area contributed by atoms with Gasteiger partial charge in [-0.1, -0.05) is 11.5 Å². The number of fused-ring (bicyclic) bond motifs is 1. The average Bonchev–Trinajstić information content (AvgIpc) is 2.98. The number of nitrogens with zero attached hydrogens (tertiary/aromatic N) is 3. The normalized spacial score (nSPS) is 14.1. The van der Waals surface area contributed by atoms with Crippen LogP contribution in [0.4, 0.5) is 6.01 Å². The third-order valence-electron chi connectivity index (χ3n) is 3.59. The number of aromatic nitrogens is 4. The van der Waals surface area contributed by atoms with Crippen molar-refractivity contribution in [3.05, 3.63) is 22.8 Å². The van der Waals surface area contributed by atoms with Crippen LogP contribution in [0.25, 0.3) is 0 Å². The zero-order chi connectivity index (χ0) is 13.8. The summed E-state index contributed by atoms with van der Waals surface area (Å²) in [5.41, 5.74) is 3.72. The first-order chi connectivity index (χ1) is 9.86. The quantitative estimate of drug-likeness (QED) is 0.729. The van der Waals surface area contributed by atoms with Crippen LogP contribution >= 0.6 is 12.4 Å². The van der Waals surface area contributed by atoms with Crippen LogP contribution in [0.1, 0.15) is 42.1 Å². The lowest BCUT2D eigenvalue weighted by Crippen LogP contribution is -2.05. The highest BCUT2D eigenvalue weighted by Gasteiger charge is 2.16. The van der Waals surface area contributed by atoms with Gasteiger partial charge in [-0.05, 0) is 38.3 Å². The van der Waals surface area contributed by atoms with Crippen LogP contribution in [0, 0.1) is 0 Å². The second-order valence-corrected chi connectivity index (χ2v) is 5.07. The Hall–Kier alpha value is -1.60. The van der Waals surface area contributed by atoms with Gasteiger partial charge in [0.1, 0.15) is 0 Å². The van der Waals surface area contributed by atoms with E-state index in [0.29, 0.717) is 25.0 Å². The van der Waals surface area contributed by atoms with E-state index < -0.39 is 0 Å². The third-order valence-corrected chi connectivity index (χ3v) is 3.59. The molecule has 21 heavy (non-hydrogen) atoms. The van der Waals surface area contributed by atoms with E-state index in [2.05, 4.69) is 31.0 Å².